The number of hydrogen-bond acceptors (Lipinski definition) is 2. The highest BCUT2D eigenvalue weighted by Crippen LogP contribution is 2.28. The van der Waals surface area contributed by atoms with Crippen LogP contribution in [-0.4, -0.2) is 5.11 Å². The minimum atomic E-state index is 0.148. The molecular weight excluding hydrogens is 281 g/mol. The normalized spacial score (nSPS) is 12.2. The molecule has 0 saturated heterocycles. The van der Waals surface area contributed by atoms with Crippen LogP contribution in [0.25, 0.3) is 0 Å². The first-order valence-electron chi connectivity index (χ1n) is 6.10. The highest BCUT2D eigenvalue weighted by atomic mass is 35.5. The van der Waals surface area contributed by atoms with E-state index in [4.69, 9.17) is 23.2 Å². The SMILES string of the molecule is CCC(Nc1cc(Cl)cc(Cl)c1)c1ccc(O)cc1. The Hall–Kier alpha value is -1.38. The number of anilines is 1. The molecule has 0 amide bonds. The van der Waals surface area contributed by atoms with Crippen LogP contribution in [0.4, 0.5) is 5.69 Å². The van der Waals surface area contributed by atoms with E-state index < -0.39 is 0 Å². The Bertz CT molecular complexity index is 534. The fourth-order valence-corrected chi connectivity index (χ4v) is 2.49. The van der Waals surface area contributed by atoms with Crippen LogP contribution < -0.4 is 5.32 Å². The molecule has 2 aromatic carbocycles. The zero-order chi connectivity index (χ0) is 13.8. The van der Waals surface area contributed by atoms with Crippen LogP contribution in [0, 0.1) is 0 Å². The molecule has 4 heteroatoms. The van der Waals surface area contributed by atoms with E-state index >= 15 is 0 Å². The van der Waals surface area contributed by atoms with Crippen LogP contribution in [-0.2, 0) is 0 Å². The van der Waals surface area contributed by atoms with Gasteiger partial charge in [0.15, 0.2) is 0 Å². The van der Waals surface area contributed by atoms with Gasteiger partial charge >= 0.3 is 0 Å². The molecule has 2 N–H and O–H groups in total. The monoisotopic (exact) mass is 295 g/mol. The summed E-state index contributed by atoms with van der Waals surface area (Å²) in [7, 11) is 0. The van der Waals surface area contributed by atoms with Crippen molar-refractivity contribution in [3.05, 3.63) is 58.1 Å². The van der Waals surface area contributed by atoms with Crippen LogP contribution in [0.3, 0.4) is 0 Å². The van der Waals surface area contributed by atoms with Crippen molar-refractivity contribution in [1.29, 1.82) is 0 Å². The third kappa shape index (κ3) is 3.79. The predicted molar refractivity (Wildman–Crippen MR) is 81.2 cm³/mol. The first kappa shape index (κ1) is 14.0. The Labute approximate surface area is 123 Å². The first-order chi connectivity index (χ1) is 9.08. The molecule has 0 spiro atoms. The van der Waals surface area contributed by atoms with E-state index in [0.29, 0.717) is 10.0 Å². The molecule has 1 atom stereocenters. The van der Waals surface area contributed by atoms with E-state index in [-0.39, 0.29) is 11.8 Å². The minimum Gasteiger partial charge on any atom is -0.508 e. The molecule has 0 saturated carbocycles. The average Bonchev–Trinajstić information content (AvgIpc) is 2.36. The number of phenols is 1. The lowest BCUT2D eigenvalue weighted by Gasteiger charge is -2.19. The summed E-state index contributed by atoms with van der Waals surface area (Å²) in [5.74, 6) is 0.268. The number of rotatable bonds is 4. The van der Waals surface area contributed by atoms with Crippen molar-refractivity contribution < 1.29 is 5.11 Å². The lowest BCUT2D eigenvalue weighted by Crippen LogP contribution is -2.09. The highest BCUT2D eigenvalue weighted by Gasteiger charge is 2.09. The van der Waals surface area contributed by atoms with Crippen molar-refractivity contribution >= 4 is 28.9 Å². The molecule has 2 nitrogen and oxygen atoms in total. The van der Waals surface area contributed by atoms with E-state index in [2.05, 4.69) is 12.2 Å². The Morgan fingerprint density at radius 3 is 2.16 bits per heavy atom. The maximum atomic E-state index is 9.32. The van der Waals surface area contributed by atoms with Crippen LogP contribution in [0.1, 0.15) is 24.9 Å². The topological polar surface area (TPSA) is 32.3 Å². The molecule has 0 bridgehead atoms. The molecule has 2 rings (SSSR count). The Morgan fingerprint density at radius 1 is 1.05 bits per heavy atom. The quantitative estimate of drug-likeness (QED) is 0.806. The Kier molecular flexibility index (Phi) is 4.56. The van der Waals surface area contributed by atoms with Gasteiger partial charge in [0, 0.05) is 15.7 Å². The van der Waals surface area contributed by atoms with Gasteiger partial charge in [0.1, 0.15) is 5.75 Å². The summed E-state index contributed by atoms with van der Waals surface area (Å²) in [6.07, 6.45) is 0.912. The summed E-state index contributed by atoms with van der Waals surface area (Å²) < 4.78 is 0. The maximum Gasteiger partial charge on any atom is 0.115 e. The van der Waals surface area contributed by atoms with Gasteiger partial charge in [-0.1, -0.05) is 42.3 Å². The average molecular weight is 296 g/mol. The molecule has 2 aromatic rings. The molecule has 1 unspecified atom stereocenters. The second-order valence-electron chi connectivity index (χ2n) is 4.35. The molecule has 0 radical (unpaired) electrons. The molecule has 0 aliphatic rings. The lowest BCUT2D eigenvalue weighted by molar-refractivity contribution is 0.475. The molecular formula is C15H15Cl2NO. The number of nitrogens with one attached hydrogen (secondary N) is 1. The van der Waals surface area contributed by atoms with E-state index in [1.807, 2.05) is 24.3 Å². The summed E-state index contributed by atoms with van der Waals surface area (Å²) in [5, 5.41) is 13.9. The van der Waals surface area contributed by atoms with Crippen molar-refractivity contribution in [2.45, 2.75) is 19.4 Å². The van der Waals surface area contributed by atoms with Gasteiger partial charge in [-0.25, -0.2) is 0 Å². The highest BCUT2D eigenvalue weighted by molar-refractivity contribution is 6.35. The molecule has 0 fully saturated rings. The summed E-state index contributed by atoms with van der Waals surface area (Å²) in [6, 6.07) is 12.7. The lowest BCUT2D eigenvalue weighted by atomic mass is 10.0. The number of hydrogen-bond donors (Lipinski definition) is 2. The molecule has 0 heterocycles. The fraction of sp³-hybridized carbons (Fsp3) is 0.200. The maximum absolute atomic E-state index is 9.32. The van der Waals surface area contributed by atoms with Crippen molar-refractivity contribution in [2.24, 2.45) is 0 Å². The van der Waals surface area contributed by atoms with Gasteiger partial charge in [0.2, 0.25) is 0 Å². The van der Waals surface area contributed by atoms with Crippen molar-refractivity contribution in [3.63, 3.8) is 0 Å². The zero-order valence-corrected chi connectivity index (χ0v) is 12.0. The van der Waals surface area contributed by atoms with Gasteiger partial charge in [0.05, 0.1) is 6.04 Å². The number of aromatic hydroxyl groups is 1. The van der Waals surface area contributed by atoms with E-state index in [1.54, 1.807) is 18.2 Å². The van der Waals surface area contributed by atoms with Crippen LogP contribution in [0.5, 0.6) is 5.75 Å². The number of benzene rings is 2. The second kappa shape index (κ2) is 6.18. The van der Waals surface area contributed by atoms with E-state index in [0.717, 1.165) is 17.7 Å². The van der Waals surface area contributed by atoms with Crippen molar-refractivity contribution in [2.75, 3.05) is 5.32 Å². The van der Waals surface area contributed by atoms with Gasteiger partial charge in [-0.15, -0.1) is 0 Å². The molecule has 0 aliphatic carbocycles. The largest absolute Gasteiger partial charge is 0.508 e. The summed E-state index contributed by atoms with van der Waals surface area (Å²) >= 11 is 12.0. The third-order valence-corrected chi connectivity index (χ3v) is 3.34. The minimum absolute atomic E-state index is 0.148. The Morgan fingerprint density at radius 2 is 1.63 bits per heavy atom. The third-order valence-electron chi connectivity index (χ3n) is 2.91. The second-order valence-corrected chi connectivity index (χ2v) is 5.23. The van der Waals surface area contributed by atoms with Gasteiger partial charge in [0.25, 0.3) is 0 Å². The zero-order valence-electron chi connectivity index (χ0n) is 10.5. The number of halogens is 2. The Balaban J connectivity index is 2.21. The van der Waals surface area contributed by atoms with Crippen LogP contribution in [0.15, 0.2) is 42.5 Å². The van der Waals surface area contributed by atoms with Gasteiger partial charge in [-0.3, -0.25) is 0 Å². The molecule has 0 aromatic heterocycles. The predicted octanol–water partition coefficient (Wildman–Crippen LogP) is 5.26. The van der Waals surface area contributed by atoms with Crippen LogP contribution >= 0.6 is 23.2 Å². The van der Waals surface area contributed by atoms with Gasteiger partial charge in [-0.2, -0.15) is 0 Å². The van der Waals surface area contributed by atoms with Gasteiger partial charge in [-0.05, 0) is 42.3 Å². The first-order valence-corrected chi connectivity index (χ1v) is 6.85. The molecule has 19 heavy (non-hydrogen) atoms. The van der Waals surface area contributed by atoms with E-state index in [9.17, 15) is 5.11 Å². The van der Waals surface area contributed by atoms with E-state index in [1.165, 1.54) is 0 Å². The summed E-state index contributed by atoms with van der Waals surface area (Å²) in [6.45, 7) is 2.09. The standard InChI is InChI=1S/C15H15Cl2NO/c1-2-15(10-3-5-14(19)6-4-10)18-13-8-11(16)7-12(17)9-13/h3-9,15,18-19H,2H2,1H3. The summed E-state index contributed by atoms with van der Waals surface area (Å²) in [5.41, 5.74) is 1.99. The smallest absolute Gasteiger partial charge is 0.115 e. The molecule has 100 valence electrons. The van der Waals surface area contributed by atoms with Crippen LogP contribution in [0.2, 0.25) is 10.0 Å². The van der Waals surface area contributed by atoms with Crippen molar-refractivity contribution in [3.8, 4) is 5.75 Å². The van der Waals surface area contributed by atoms with Gasteiger partial charge < -0.3 is 10.4 Å². The number of phenolic OH excluding ortho intramolecular Hbond substituents is 1. The fourth-order valence-electron chi connectivity index (χ4n) is 1.97. The van der Waals surface area contributed by atoms with Crippen molar-refractivity contribution in [1.82, 2.24) is 0 Å². The summed E-state index contributed by atoms with van der Waals surface area (Å²) in [4.78, 5) is 0. The molecule has 0 aliphatic heterocycles.